The van der Waals surface area contributed by atoms with Crippen molar-refractivity contribution in [3.05, 3.63) is 29.8 Å². The third-order valence-corrected chi connectivity index (χ3v) is 2.48. The van der Waals surface area contributed by atoms with Gasteiger partial charge in [-0.05, 0) is 31.5 Å². The van der Waals surface area contributed by atoms with Gasteiger partial charge in [0.15, 0.2) is 0 Å². The van der Waals surface area contributed by atoms with Gasteiger partial charge in [-0.3, -0.25) is 4.79 Å². The van der Waals surface area contributed by atoms with Gasteiger partial charge in [-0.15, -0.1) is 0 Å². The largest absolute Gasteiger partial charge is 0.497 e. The Morgan fingerprint density at radius 1 is 1.15 bits per heavy atom. The number of hydrogen-bond donors (Lipinski definition) is 3. The van der Waals surface area contributed by atoms with Gasteiger partial charge in [-0.1, -0.05) is 12.1 Å². The van der Waals surface area contributed by atoms with Crippen LogP contribution in [-0.2, 0) is 11.3 Å². The molecule has 0 radical (unpaired) electrons. The molecule has 1 aromatic carbocycles. The number of methoxy groups -OCH3 is 1. The molecule has 0 heterocycles. The van der Waals surface area contributed by atoms with Crippen LogP contribution >= 0.6 is 0 Å². The Morgan fingerprint density at radius 2 is 1.80 bits per heavy atom. The van der Waals surface area contributed by atoms with Gasteiger partial charge in [-0.2, -0.15) is 0 Å². The van der Waals surface area contributed by atoms with Crippen molar-refractivity contribution >= 4 is 11.9 Å². The number of carbonyl (C=O) groups is 2. The Hall–Kier alpha value is -2.24. The molecule has 0 saturated heterocycles. The summed E-state index contributed by atoms with van der Waals surface area (Å²) in [6.07, 6.45) is 0. The van der Waals surface area contributed by atoms with E-state index >= 15 is 0 Å². The Kier molecular flexibility index (Phi) is 6.36. The highest BCUT2D eigenvalue weighted by Gasteiger charge is 2.05. The monoisotopic (exact) mass is 279 g/mol. The minimum Gasteiger partial charge on any atom is -0.497 e. The van der Waals surface area contributed by atoms with Gasteiger partial charge < -0.3 is 20.7 Å². The molecule has 0 aromatic heterocycles. The molecular formula is C14H21N3O3. The van der Waals surface area contributed by atoms with Crippen molar-refractivity contribution in [1.29, 1.82) is 0 Å². The number of hydrogen-bond acceptors (Lipinski definition) is 3. The molecule has 6 heteroatoms. The molecule has 1 rings (SSSR count). The molecule has 0 aliphatic heterocycles. The van der Waals surface area contributed by atoms with Gasteiger partial charge in [0.25, 0.3) is 0 Å². The highest BCUT2D eigenvalue weighted by molar-refractivity contribution is 5.83. The van der Waals surface area contributed by atoms with Crippen molar-refractivity contribution in [1.82, 2.24) is 16.0 Å². The fraction of sp³-hybridized carbons (Fsp3) is 0.429. The van der Waals surface area contributed by atoms with Crippen molar-refractivity contribution < 1.29 is 14.3 Å². The van der Waals surface area contributed by atoms with Gasteiger partial charge in [0.2, 0.25) is 5.91 Å². The van der Waals surface area contributed by atoms with Crippen molar-refractivity contribution in [2.24, 2.45) is 0 Å². The second kappa shape index (κ2) is 8.04. The van der Waals surface area contributed by atoms with Crippen LogP contribution in [0.5, 0.6) is 5.75 Å². The van der Waals surface area contributed by atoms with E-state index in [1.165, 1.54) is 0 Å². The molecule has 0 unspecified atom stereocenters. The number of carbonyl (C=O) groups excluding carboxylic acids is 2. The summed E-state index contributed by atoms with van der Waals surface area (Å²) in [5.41, 5.74) is 0.964. The van der Waals surface area contributed by atoms with Crippen LogP contribution in [0.3, 0.4) is 0 Å². The van der Waals surface area contributed by atoms with E-state index in [0.29, 0.717) is 6.54 Å². The van der Waals surface area contributed by atoms with Gasteiger partial charge in [0.05, 0.1) is 13.7 Å². The number of urea groups is 1. The van der Waals surface area contributed by atoms with Gasteiger partial charge in [-0.25, -0.2) is 4.79 Å². The van der Waals surface area contributed by atoms with E-state index in [4.69, 9.17) is 4.74 Å². The molecular weight excluding hydrogens is 258 g/mol. The molecule has 0 atom stereocenters. The predicted molar refractivity (Wildman–Crippen MR) is 76.5 cm³/mol. The minimum atomic E-state index is -0.348. The maximum Gasteiger partial charge on any atom is 0.315 e. The van der Waals surface area contributed by atoms with Crippen LogP contribution in [0.2, 0.25) is 0 Å². The van der Waals surface area contributed by atoms with Crippen LogP contribution in [0.4, 0.5) is 4.79 Å². The lowest BCUT2D eigenvalue weighted by Crippen LogP contribution is -2.44. The summed E-state index contributed by atoms with van der Waals surface area (Å²) in [6, 6.07) is 7.10. The van der Waals surface area contributed by atoms with E-state index < -0.39 is 0 Å². The van der Waals surface area contributed by atoms with E-state index in [9.17, 15) is 9.59 Å². The lowest BCUT2D eigenvalue weighted by Gasteiger charge is -2.10. The number of amides is 3. The van der Waals surface area contributed by atoms with Crippen LogP contribution in [0, 0.1) is 0 Å². The van der Waals surface area contributed by atoms with E-state index in [1.807, 2.05) is 38.1 Å². The van der Waals surface area contributed by atoms with Crippen LogP contribution in [0.25, 0.3) is 0 Å². The zero-order chi connectivity index (χ0) is 15.0. The third-order valence-electron chi connectivity index (χ3n) is 2.48. The summed E-state index contributed by atoms with van der Waals surface area (Å²) >= 11 is 0. The molecule has 110 valence electrons. The quantitative estimate of drug-likeness (QED) is 0.727. The normalized spacial score (nSPS) is 10.0. The Labute approximate surface area is 118 Å². The molecule has 0 saturated carbocycles. The zero-order valence-corrected chi connectivity index (χ0v) is 12.0. The second-order valence-electron chi connectivity index (χ2n) is 4.61. The Morgan fingerprint density at radius 3 is 2.35 bits per heavy atom. The number of rotatable bonds is 6. The van der Waals surface area contributed by atoms with E-state index in [1.54, 1.807) is 7.11 Å². The first-order chi connectivity index (χ1) is 9.51. The standard InChI is InChI=1S/C14H21N3O3/c1-10(2)17-14(19)16-9-13(18)15-8-11-4-6-12(20-3)7-5-11/h4-7,10H,8-9H2,1-3H3,(H,15,18)(H2,16,17,19). The topological polar surface area (TPSA) is 79.5 Å². The Balaban J connectivity index is 2.27. The maximum atomic E-state index is 11.6. The molecule has 0 spiro atoms. The summed E-state index contributed by atoms with van der Waals surface area (Å²) < 4.78 is 5.05. The number of ether oxygens (including phenoxy) is 1. The molecule has 6 nitrogen and oxygen atoms in total. The average Bonchev–Trinajstić information content (AvgIpc) is 2.42. The highest BCUT2D eigenvalue weighted by Crippen LogP contribution is 2.10. The molecule has 0 aliphatic carbocycles. The fourth-order valence-corrected chi connectivity index (χ4v) is 1.48. The molecule has 3 N–H and O–H groups in total. The van der Waals surface area contributed by atoms with Crippen LogP contribution in [-0.4, -0.2) is 31.6 Å². The zero-order valence-electron chi connectivity index (χ0n) is 12.0. The molecule has 3 amide bonds. The molecule has 1 aromatic rings. The molecule has 0 bridgehead atoms. The molecule has 20 heavy (non-hydrogen) atoms. The van der Waals surface area contributed by atoms with Crippen molar-refractivity contribution in [3.63, 3.8) is 0 Å². The van der Waals surface area contributed by atoms with Gasteiger partial charge in [0, 0.05) is 12.6 Å². The molecule has 0 fully saturated rings. The number of benzene rings is 1. The SMILES string of the molecule is COc1ccc(CNC(=O)CNC(=O)NC(C)C)cc1. The van der Waals surface area contributed by atoms with Crippen LogP contribution < -0.4 is 20.7 Å². The highest BCUT2D eigenvalue weighted by atomic mass is 16.5. The first-order valence-electron chi connectivity index (χ1n) is 6.45. The lowest BCUT2D eigenvalue weighted by molar-refractivity contribution is -0.120. The summed E-state index contributed by atoms with van der Waals surface area (Å²) in [5.74, 6) is 0.534. The molecule has 0 aliphatic rings. The predicted octanol–water partition coefficient (Wildman–Crippen LogP) is 1.02. The fourth-order valence-electron chi connectivity index (χ4n) is 1.48. The maximum absolute atomic E-state index is 11.6. The third kappa shape index (κ3) is 6.08. The lowest BCUT2D eigenvalue weighted by atomic mass is 10.2. The van der Waals surface area contributed by atoms with Crippen molar-refractivity contribution in [3.8, 4) is 5.75 Å². The smallest absolute Gasteiger partial charge is 0.315 e. The van der Waals surface area contributed by atoms with Crippen LogP contribution in [0.1, 0.15) is 19.4 Å². The van der Waals surface area contributed by atoms with Gasteiger partial charge >= 0.3 is 6.03 Å². The summed E-state index contributed by atoms with van der Waals surface area (Å²) in [5, 5.41) is 7.85. The minimum absolute atomic E-state index is 0.0392. The van der Waals surface area contributed by atoms with Gasteiger partial charge in [0.1, 0.15) is 5.75 Å². The van der Waals surface area contributed by atoms with Crippen molar-refractivity contribution in [2.45, 2.75) is 26.4 Å². The first-order valence-corrected chi connectivity index (χ1v) is 6.45. The van der Waals surface area contributed by atoms with E-state index in [0.717, 1.165) is 11.3 Å². The van der Waals surface area contributed by atoms with Crippen molar-refractivity contribution in [2.75, 3.05) is 13.7 Å². The average molecular weight is 279 g/mol. The first kappa shape index (κ1) is 15.8. The van der Waals surface area contributed by atoms with E-state index in [2.05, 4.69) is 16.0 Å². The summed E-state index contributed by atoms with van der Waals surface area (Å²) in [6.45, 7) is 4.07. The Bertz CT molecular complexity index is 443. The summed E-state index contributed by atoms with van der Waals surface area (Å²) in [7, 11) is 1.60. The number of nitrogens with one attached hydrogen (secondary N) is 3. The van der Waals surface area contributed by atoms with E-state index in [-0.39, 0.29) is 24.5 Å². The van der Waals surface area contributed by atoms with Crippen LogP contribution in [0.15, 0.2) is 24.3 Å². The second-order valence-corrected chi connectivity index (χ2v) is 4.61. The summed E-state index contributed by atoms with van der Waals surface area (Å²) in [4.78, 5) is 22.8.